The molecule has 0 spiro atoms. The zero-order chi connectivity index (χ0) is 10.7. The molecule has 0 fully saturated rings. The minimum atomic E-state index is 0.666. The molecule has 15 heavy (non-hydrogen) atoms. The average Bonchev–Trinajstić information content (AvgIpc) is 2.69. The zero-order valence-electron chi connectivity index (χ0n) is 7.81. The van der Waals surface area contributed by atoms with Crippen LogP contribution >= 0.6 is 22.9 Å². The lowest BCUT2D eigenvalue weighted by Crippen LogP contribution is -1.85. The van der Waals surface area contributed by atoms with Crippen LogP contribution in [0.2, 0.25) is 5.02 Å². The van der Waals surface area contributed by atoms with Crippen molar-refractivity contribution in [2.24, 2.45) is 0 Å². The van der Waals surface area contributed by atoms with Crippen molar-refractivity contribution in [3.05, 3.63) is 50.9 Å². The number of benzene rings is 1. The highest BCUT2D eigenvalue weighted by atomic mass is 35.5. The summed E-state index contributed by atoms with van der Waals surface area (Å²) in [6.45, 7) is 0. The van der Waals surface area contributed by atoms with Crippen LogP contribution in [0.3, 0.4) is 0 Å². The van der Waals surface area contributed by atoms with Gasteiger partial charge in [0, 0.05) is 17.6 Å². The number of hydrogen-bond acceptors (Lipinski definition) is 3. The van der Waals surface area contributed by atoms with E-state index >= 15 is 0 Å². The first-order valence-electron chi connectivity index (χ1n) is 4.42. The van der Waals surface area contributed by atoms with Gasteiger partial charge < -0.3 is 0 Å². The number of carbonyl (C=O) groups excluding carboxylic acids is 1. The lowest BCUT2D eigenvalue weighted by Gasteiger charge is -1.97. The molecule has 0 saturated heterocycles. The van der Waals surface area contributed by atoms with Gasteiger partial charge in [-0.05, 0) is 17.7 Å². The van der Waals surface area contributed by atoms with Crippen molar-refractivity contribution in [1.29, 1.82) is 0 Å². The Morgan fingerprint density at radius 1 is 1.33 bits per heavy atom. The molecule has 0 radical (unpaired) electrons. The molecule has 0 aliphatic heterocycles. The second kappa shape index (κ2) is 4.55. The maximum atomic E-state index is 10.5. The molecule has 1 aromatic heterocycles. The van der Waals surface area contributed by atoms with E-state index in [-0.39, 0.29) is 0 Å². The first-order chi connectivity index (χ1) is 7.28. The molecule has 0 aliphatic rings. The van der Waals surface area contributed by atoms with Crippen LogP contribution in [-0.2, 0) is 6.42 Å². The largest absolute Gasteiger partial charge is 0.297 e. The highest BCUT2D eigenvalue weighted by molar-refractivity contribution is 7.13. The van der Waals surface area contributed by atoms with Crippen molar-refractivity contribution in [1.82, 2.24) is 4.98 Å². The number of aldehydes is 1. The molecule has 1 aromatic carbocycles. The minimum Gasteiger partial charge on any atom is -0.297 e. The summed E-state index contributed by atoms with van der Waals surface area (Å²) in [6.07, 6.45) is 3.17. The summed E-state index contributed by atoms with van der Waals surface area (Å²) in [5.41, 5.74) is 1.14. The van der Waals surface area contributed by atoms with E-state index in [1.54, 1.807) is 6.20 Å². The quantitative estimate of drug-likeness (QED) is 0.768. The SMILES string of the molecule is O=Cc1cnc(Cc2ccc(Cl)cc2)s1. The molecule has 0 saturated carbocycles. The van der Waals surface area contributed by atoms with Crippen molar-refractivity contribution in [3.8, 4) is 0 Å². The summed E-state index contributed by atoms with van der Waals surface area (Å²) in [4.78, 5) is 15.3. The van der Waals surface area contributed by atoms with E-state index in [1.165, 1.54) is 11.3 Å². The fraction of sp³-hybridized carbons (Fsp3) is 0.0909. The van der Waals surface area contributed by atoms with Crippen molar-refractivity contribution in [3.63, 3.8) is 0 Å². The van der Waals surface area contributed by atoms with Gasteiger partial charge in [0.2, 0.25) is 0 Å². The van der Waals surface area contributed by atoms with Gasteiger partial charge in [0.25, 0.3) is 0 Å². The molecular formula is C11H8ClNOS. The zero-order valence-corrected chi connectivity index (χ0v) is 9.39. The van der Waals surface area contributed by atoms with Crippen LogP contribution in [-0.4, -0.2) is 11.3 Å². The molecule has 0 atom stereocenters. The highest BCUT2D eigenvalue weighted by Gasteiger charge is 2.02. The van der Waals surface area contributed by atoms with Crippen molar-refractivity contribution in [2.75, 3.05) is 0 Å². The Labute approximate surface area is 96.5 Å². The van der Waals surface area contributed by atoms with Gasteiger partial charge in [-0.15, -0.1) is 11.3 Å². The number of aromatic nitrogens is 1. The smallest absolute Gasteiger partial charge is 0.161 e. The molecule has 2 nitrogen and oxygen atoms in total. The topological polar surface area (TPSA) is 30.0 Å². The fourth-order valence-electron chi connectivity index (χ4n) is 1.24. The first-order valence-corrected chi connectivity index (χ1v) is 5.62. The summed E-state index contributed by atoms with van der Waals surface area (Å²) >= 11 is 7.20. The van der Waals surface area contributed by atoms with E-state index in [0.717, 1.165) is 28.3 Å². The van der Waals surface area contributed by atoms with E-state index < -0.39 is 0 Å². The van der Waals surface area contributed by atoms with E-state index in [1.807, 2.05) is 24.3 Å². The Bertz CT molecular complexity index is 464. The van der Waals surface area contributed by atoms with Gasteiger partial charge in [-0.1, -0.05) is 23.7 Å². The Morgan fingerprint density at radius 2 is 2.07 bits per heavy atom. The third-order valence-corrected chi connectivity index (χ3v) is 3.13. The van der Waals surface area contributed by atoms with E-state index in [4.69, 9.17) is 11.6 Å². The molecule has 1 heterocycles. The third kappa shape index (κ3) is 2.64. The highest BCUT2D eigenvalue weighted by Crippen LogP contribution is 2.17. The van der Waals surface area contributed by atoms with Crippen LogP contribution in [0.1, 0.15) is 20.2 Å². The fourth-order valence-corrected chi connectivity index (χ4v) is 2.13. The Morgan fingerprint density at radius 3 is 2.67 bits per heavy atom. The molecule has 0 N–H and O–H groups in total. The lowest BCUT2D eigenvalue weighted by atomic mass is 10.2. The number of thiazole rings is 1. The van der Waals surface area contributed by atoms with E-state index in [0.29, 0.717) is 4.88 Å². The molecule has 0 unspecified atom stereocenters. The summed E-state index contributed by atoms with van der Waals surface area (Å²) in [7, 11) is 0. The molecular weight excluding hydrogens is 230 g/mol. The van der Waals surface area contributed by atoms with Crippen molar-refractivity contribution < 1.29 is 4.79 Å². The van der Waals surface area contributed by atoms with Crippen LogP contribution in [0.4, 0.5) is 0 Å². The summed E-state index contributed by atoms with van der Waals surface area (Å²) in [6, 6.07) is 7.63. The van der Waals surface area contributed by atoms with E-state index in [2.05, 4.69) is 4.98 Å². The van der Waals surface area contributed by atoms with E-state index in [9.17, 15) is 4.79 Å². The number of carbonyl (C=O) groups is 1. The van der Waals surface area contributed by atoms with Crippen LogP contribution in [0, 0.1) is 0 Å². The monoisotopic (exact) mass is 237 g/mol. The van der Waals surface area contributed by atoms with Gasteiger partial charge in [-0.25, -0.2) is 4.98 Å². The average molecular weight is 238 g/mol. The third-order valence-electron chi connectivity index (χ3n) is 1.96. The Balaban J connectivity index is 2.14. The Kier molecular flexibility index (Phi) is 3.14. The van der Waals surface area contributed by atoms with Crippen LogP contribution in [0.25, 0.3) is 0 Å². The normalized spacial score (nSPS) is 10.2. The lowest BCUT2D eigenvalue weighted by molar-refractivity contribution is 0.112. The summed E-state index contributed by atoms with van der Waals surface area (Å²) in [5.74, 6) is 0. The molecule has 2 rings (SSSR count). The number of nitrogens with zero attached hydrogens (tertiary/aromatic N) is 1. The van der Waals surface area contributed by atoms with Crippen molar-refractivity contribution >= 4 is 29.2 Å². The second-order valence-electron chi connectivity index (χ2n) is 3.08. The van der Waals surface area contributed by atoms with Gasteiger partial charge >= 0.3 is 0 Å². The molecule has 0 amide bonds. The molecule has 0 bridgehead atoms. The summed E-state index contributed by atoms with van der Waals surface area (Å²) < 4.78 is 0. The number of halogens is 1. The number of rotatable bonds is 3. The maximum absolute atomic E-state index is 10.5. The van der Waals surface area contributed by atoms with Gasteiger partial charge in [0.1, 0.15) is 0 Å². The van der Waals surface area contributed by atoms with Crippen molar-refractivity contribution in [2.45, 2.75) is 6.42 Å². The minimum absolute atomic E-state index is 0.666. The van der Waals surface area contributed by atoms with Gasteiger partial charge in [-0.3, -0.25) is 4.79 Å². The van der Waals surface area contributed by atoms with Crippen LogP contribution < -0.4 is 0 Å². The first kappa shape index (κ1) is 10.3. The molecule has 2 aromatic rings. The molecule has 4 heteroatoms. The van der Waals surface area contributed by atoms with Gasteiger partial charge in [-0.2, -0.15) is 0 Å². The predicted octanol–water partition coefficient (Wildman–Crippen LogP) is 3.20. The predicted molar refractivity (Wildman–Crippen MR) is 61.8 cm³/mol. The number of hydrogen-bond donors (Lipinski definition) is 0. The van der Waals surface area contributed by atoms with Gasteiger partial charge in [0.05, 0.1) is 9.88 Å². The second-order valence-corrected chi connectivity index (χ2v) is 4.66. The summed E-state index contributed by atoms with van der Waals surface area (Å²) in [5, 5.41) is 1.67. The molecule has 76 valence electrons. The standard InChI is InChI=1S/C11H8ClNOS/c12-9-3-1-8(2-4-9)5-11-13-6-10(7-14)15-11/h1-4,6-7H,5H2. The van der Waals surface area contributed by atoms with Gasteiger partial charge in [0.15, 0.2) is 6.29 Å². The molecule has 0 aliphatic carbocycles. The van der Waals surface area contributed by atoms with Crippen LogP contribution in [0.5, 0.6) is 0 Å². The van der Waals surface area contributed by atoms with Crippen LogP contribution in [0.15, 0.2) is 30.5 Å². The Hall–Kier alpha value is -1.19. The maximum Gasteiger partial charge on any atom is 0.161 e.